The van der Waals surface area contributed by atoms with Gasteiger partial charge >= 0.3 is 0 Å². The standard InChI is InChI=1S/C50H97NO5/c1-3-5-7-9-11-13-15-17-19-21-23-24-25-26-28-29-31-33-35-37-39-41-43-47(53)49(55)46(45-52)51-50(56)48(54)44-42-40-38-36-34-32-30-27-22-20-18-16-14-12-10-8-6-4-2/h12,14,16,18,46-49,52-55H,3-11,13,15,17,19-45H2,1-2H3,(H,51,56)/b14-12-,18-16-. The number of hydrogen-bond donors (Lipinski definition) is 5. The number of carbonyl (C=O) groups is 1. The molecule has 4 unspecified atom stereocenters. The Hall–Kier alpha value is -1.21. The quantitative estimate of drug-likeness (QED) is 0.0312. The SMILES string of the molecule is CCCCC/C=C\C=C/CCCCCCCCCCCC(O)C(=O)NC(CO)C(O)C(O)CCCCCCCCCCCCCCCCCCCCCCCC. The van der Waals surface area contributed by atoms with Crippen LogP contribution in [0, 0.1) is 0 Å². The highest BCUT2D eigenvalue weighted by Crippen LogP contribution is 2.17. The Balaban J connectivity index is 3.67. The molecule has 0 bridgehead atoms. The molecule has 0 rings (SSSR count). The molecule has 0 spiro atoms. The van der Waals surface area contributed by atoms with Crippen molar-refractivity contribution in [1.82, 2.24) is 5.32 Å². The molecule has 0 heterocycles. The molecule has 6 nitrogen and oxygen atoms in total. The normalized spacial score (nSPS) is 14.2. The van der Waals surface area contributed by atoms with Gasteiger partial charge in [-0.2, -0.15) is 0 Å². The molecule has 4 atom stereocenters. The lowest BCUT2D eigenvalue weighted by Crippen LogP contribution is -2.53. The Bertz CT molecular complexity index is 847. The summed E-state index contributed by atoms with van der Waals surface area (Å²) in [6.45, 7) is 4.04. The van der Waals surface area contributed by atoms with E-state index in [-0.39, 0.29) is 0 Å². The molecule has 0 fully saturated rings. The number of carbonyl (C=O) groups excluding carboxylic acids is 1. The Kier molecular flexibility index (Phi) is 43.9. The first-order chi connectivity index (χ1) is 27.5. The van der Waals surface area contributed by atoms with Crippen LogP contribution in [-0.2, 0) is 4.79 Å². The zero-order valence-corrected chi connectivity index (χ0v) is 37.4. The van der Waals surface area contributed by atoms with Gasteiger partial charge < -0.3 is 25.7 Å². The molecule has 0 aliphatic heterocycles. The third-order valence-electron chi connectivity index (χ3n) is 11.7. The van der Waals surface area contributed by atoms with Crippen LogP contribution in [-0.4, -0.2) is 57.3 Å². The van der Waals surface area contributed by atoms with Gasteiger partial charge in [-0.3, -0.25) is 4.79 Å². The van der Waals surface area contributed by atoms with Crippen LogP contribution in [0.15, 0.2) is 24.3 Å². The first-order valence-electron chi connectivity index (χ1n) is 24.7. The Morgan fingerprint density at radius 1 is 0.446 bits per heavy atom. The number of unbranched alkanes of at least 4 members (excludes halogenated alkanes) is 33. The minimum absolute atomic E-state index is 0.365. The summed E-state index contributed by atoms with van der Waals surface area (Å²) >= 11 is 0. The number of rotatable bonds is 45. The molecule has 0 aliphatic rings. The lowest BCUT2D eigenvalue weighted by Gasteiger charge is -2.27. The van der Waals surface area contributed by atoms with Crippen molar-refractivity contribution in [2.24, 2.45) is 0 Å². The summed E-state index contributed by atoms with van der Waals surface area (Å²) in [6.07, 6.45) is 52.1. The summed E-state index contributed by atoms with van der Waals surface area (Å²) in [5.41, 5.74) is 0. The third-order valence-corrected chi connectivity index (χ3v) is 11.7. The van der Waals surface area contributed by atoms with Crippen molar-refractivity contribution < 1.29 is 25.2 Å². The highest BCUT2D eigenvalue weighted by Gasteiger charge is 2.28. The Labute approximate surface area is 348 Å². The van der Waals surface area contributed by atoms with Gasteiger partial charge in [0.25, 0.3) is 0 Å². The van der Waals surface area contributed by atoms with E-state index < -0.39 is 36.9 Å². The molecule has 0 aromatic heterocycles. The predicted molar refractivity (Wildman–Crippen MR) is 242 cm³/mol. The van der Waals surface area contributed by atoms with Crippen LogP contribution in [0.5, 0.6) is 0 Å². The van der Waals surface area contributed by atoms with E-state index in [1.54, 1.807) is 0 Å². The van der Waals surface area contributed by atoms with E-state index in [2.05, 4.69) is 43.5 Å². The average Bonchev–Trinajstić information content (AvgIpc) is 3.20. The first-order valence-corrected chi connectivity index (χ1v) is 24.7. The largest absolute Gasteiger partial charge is 0.394 e. The maximum atomic E-state index is 12.5. The monoisotopic (exact) mass is 792 g/mol. The fourth-order valence-corrected chi connectivity index (χ4v) is 7.75. The van der Waals surface area contributed by atoms with Crippen molar-refractivity contribution in [2.75, 3.05) is 6.61 Å². The van der Waals surface area contributed by atoms with Gasteiger partial charge in [-0.25, -0.2) is 0 Å². The summed E-state index contributed by atoms with van der Waals surface area (Å²) in [5.74, 6) is -0.586. The molecule has 5 N–H and O–H groups in total. The summed E-state index contributed by atoms with van der Waals surface area (Å²) < 4.78 is 0. The van der Waals surface area contributed by atoms with Crippen LogP contribution < -0.4 is 5.32 Å². The smallest absolute Gasteiger partial charge is 0.249 e. The van der Waals surface area contributed by atoms with E-state index in [0.717, 1.165) is 44.9 Å². The first kappa shape index (κ1) is 54.8. The number of nitrogens with one attached hydrogen (secondary N) is 1. The van der Waals surface area contributed by atoms with Crippen molar-refractivity contribution in [3.05, 3.63) is 24.3 Å². The van der Waals surface area contributed by atoms with Crippen LogP contribution in [0.1, 0.15) is 258 Å². The van der Waals surface area contributed by atoms with Crippen LogP contribution in [0.25, 0.3) is 0 Å². The van der Waals surface area contributed by atoms with Crippen molar-refractivity contribution in [2.45, 2.75) is 282 Å². The number of aliphatic hydroxyl groups is 4. The van der Waals surface area contributed by atoms with Gasteiger partial charge in [0.2, 0.25) is 5.91 Å². The van der Waals surface area contributed by atoms with E-state index in [0.29, 0.717) is 12.8 Å². The Morgan fingerprint density at radius 3 is 1.12 bits per heavy atom. The van der Waals surface area contributed by atoms with E-state index >= 15 is 0 Å². The second kappa shape index (κ2) is 44.9. The lowest BCUT2D eigenvalue weighted by molar-refractivity contribution is -0.132. The van der Waals surface area contributed by atoms with Crippen molar-refractivity contribution in [1.29, 1.82) is 0 Å². The molecule has 1 amide bonds. The second-order valence-electron chi connectivity index (χ2n) is 17.2. The van der Waals surface area contributed by atoms with Gasteiger partial charge in [0.15, 0.2) is 0 Å². The molecular formula is C50H97NO5. The number of allylic oxidation sites excluding steroid dienone is 4. The van der Waals surface area contributed by atoms with Gasteiger partial charge in [0.1, 0.15) is 12.2 Å². The maximum absolute atomic E-state index is 12.5. The molecule has 6 heteroatoms. The summed E-state index contributed by atoms with van der Waals surface area (Å²) in [5, 5.41) is 43.9. The van der Waals surface area contributed by atoms with Crippen LogP contribution in [0.2, 0.25) is 0 Å². The highest BCUT2D eigenvalue weighted by molar-refractivity contribution is 5.80. The average molecular weight is 792 g/mol. The topological polar surface area (TPSA) is 110 Å². The van der Waals surface area contributed by atoms with Gasteiger partial charge in [-0.15, -0.1) is 0 Å². The fraction of sp³-hybridized carbons (Fsp3) is 0.900. The van der Waals surface area contributed by atoms with Gasteiger partial charge in [0.05, 0.1) is 18.8 Å². The number of amides is 1. The second-order valence-corrected chi connectivity index (χ2v) is 17.2. The van der Waals surface area contributed by atoms with Crippen LogP contribution in [0.3, 0.4) is 0 Å². The van der Waals surface area contributed by atoms with Gasteiger partial charge in [-0.1, -0.05) is 244 Å². The molecule has 332 valence electrons. The van der Waals surface area contributed by atoms with E-state index in [9.17, 15) is 25.2 Å². The zero-order valence-electron chi connectivity index (χ0n) is 37.4. The summed E-state index contributed by atoms with van der Waals surface area (Å²) in [4.78, 5) is 12.5. The van der Waals surface area contributed by atoms with E-state index in [1.165, 1.54) is 186 Å². The summed E-state index contributed by atoms with van der Waals surface area (Å²) in [6, 6.07) is -0.986. The Morgan fingerprint density at radius 2 is 0.750 bits per heavy atom. The molecule has 0 aromatic rings. The van der Waals surface area contributed by atoms with Crippen molar-refractivity contribution in [3.63, 3.8) is 0 Å². The minimum Gasteiger partial charge on any atom is -0.394 e. The van der Waals surface area contributed by atoms with E-state index in [1.807, 2.05) is 0 Å². The fourth-order valence-electron chi connectivity index (χ4n) is 7.75. The molecule has 56 heavy (non-hydrogen) atoms. The third kappa shape index (κ3) is 38.3. The molecule has 0 saturated carbocycles. The minimum atomic E-state index is -1.26. The van der Waals surface area contributed by atoms with Crippen LogP contribution in [0.4, 0.5) is 0 Å². The van der Waals surface area contributed by atoms with Crippen LogP contribution >= 0.6 is 0 Å². The molecule has 0 saturated heterocycles. The molecule has 0 radical (unpaired) electrons. The van der Waals surface area contributed by atoms with Crippen molar-refractivity contribution in [3.8, 4) is 0 Å². The lowest BCUT2D eigenvalue weighted by atomic mass is 9.99. The summed E-state index contributed by atoms with van der Waals surface area (Å²) in [7, 11) is 0. The number of aliphatic hydroxyl groups excluding tert-OH is 4. The molecule has 0 aromatic carbocycles. The zero-order chi connectivity index (χ0) is 41.0. The highest BCUT2D eigenvalue weighted by atomic mass is 16.3. The van der Waals surface area contributed by atoms with E-state index in [4.69, 9.17) is 0 Å². The molecule has 0 aliphatic carbocycles. The number of hydrogen-bond acceptors (Lipinski definition) is 5. The predicted octanol–water partition coefficient (Wildman–Crippen LogP) is 13.5. The molecular weight excluding hydrogens is 695 g/mol. The van der Waals surface area contributed by atoms with Gasteiger partial charge in [-0.05, 0) is 38.5 Å². The van der Waals surface area contributed by atoms with Gasteiger partial charge in [0, 0.05) is 0 Å². The maximum Gasteiger partial charge on any atom is 0.249 e. The van der Waals surface area contributed by atoms with Crippen molar-refractivity contribution >= 4 is 5.91 Å².